The number of likely N-dealkylation sites (tertiary alicyclic amines) is 1. The summed E-state index contributed by atoms with van der Waals surface area (Å²) >= 11 is 1.57. The Bertz CT molecular complexity index is 3130. The number of anilines is 2. The summed E-state index contributed by atoms with van der Waals surface area (Å²) in [5.41, 5.74) is 7.19. The van der Waals surface area contributed by atoms with Gasteiger partial charge in [0.05, 0.1) is 113 Å². The van der Waals surface area contributed by atoms with Crippen LogP contribution >= 0.6 is 11.3 Å². The zero-order valence-corrected chi connectivity index (χ0v) is 49.3. The van der Waals surface area contributed by atoms with Gasteiger partial charge in [0.15, 0.2) is 5.65 Å². The summed E-state index contributed by atoms with van der Waals surface area (Å²) in [4.78, 5) is 76.2. The van der Waals surface area contributed by atoms with E-state index in [1.165, 1.54) is 11.0 Å². The quantitative estimate of drug-likeness (QED) is 0.0477. The molecule has 23 heteroatoms. The smallest absolute Gasteiger partial charge is 0.246 e. The lowest BCUT2D eigenvalue weighted by Crippen LogP contribution is -2.57. The number of fused-ring (bicyclic) bond motifs is 1. The number of pyridine rings is 1. The van der Waals surface area contributed by atoms with Gasteiger partial charge in [0.2, 0.25) is 23.6 Å². The highest BCUT2D eigenvalue weighted by atomic mass is 32.1. The van der Waals surface area contributed by atoms with E-state index in [9.17, 15) is 28.7 Å². The van der Waals surface area contributed by atoms with E-state index in [-0.39, 0.29) is 75.1 Å². The minimum absolute atomic E-state index is 0.0110. The largest absolute Gasteiger partial charge is 0.391 e. The van der Waals surface area contributed by atoms with Crippen LogP contribution in [-0.4, -0.2) is 187 Å². The Labute approximate surface area is 493 Å². The van der Waals surface area contributed by atoms with Crippen molar-refractivity contribution in [3.63, 3.8) is 0 Å². The molecule has 7 heterocycles. The topological polar surface area (TPSA) is 228 Å². The number of hydrogen-bond donors (Lipinski definition) is 3. The van der Waals surface area contributed by atoms with Crippen LogP contribution in [0.25, 0.3) is 27.5 Å². The Morgan fingerprint density at radius 3 is 2.13 bits per heavy atom. The normalized spacial score (nSPS) is 17.8. The van der Waals surface area contributed by atoms with Gasteiger partial charge in [-0.05, 0) is 78.3 Å². The maximum Gasteiger partial charge on any atom is 0.246 e. The van der Waals surface area contributed by atoms with E-state index in [1.807, 2.05) is 103 Å². The minimum atomic E-state index is -0.937. The highest BCUT2D eigenvalue weighted by molar-refractivity contribution is 7.13. The van der Waals surface area contributed by atoms with Crippen LogP contribution in [0.4, 0.5) is 16.0 Å². The van der Waals surface area contributed by atoms with E-state index in [2.05, 4.69) is 30.4 Å². The van der Waals surface area contributed by atoms with Crippen LogP contribution in [0.5, 0.6) is 0 Å². The lowest BCUT2D eigenvalue weighted by Gasteiger charge is -2.35. The predicted octanol–water partition coefficient (Wildman–Crippen LogP) is 6.02. The second-order valence-corrected chi connectivity index (χ2v) is 23.1. The van der Waals surface area contributed by atoms with Gasteiger partial charge in [-0.1, -0.05) is 63.2 Å². The maximum atomic E-state index is 14.1. The third-order valence-electron chi connectivity index (χ3n) is 15.2. The van der Waals surface area contributed by atoms with Crippen LogP contribution in [0, 0.1) is 18.2 Å². The van der Waals surface area contributed by atoms with Gasteiger partial charge in [-0.3, -0.25) is 19.2 Å². The molecule has 0 radical (unpaired) electrons. The molecule has 2 aromatic carbocycles. The van der Waals surface area contributed by atoms with Crippen LogP contribution < -0.4 is 20.4 Å². The SMILES string of the molecule is Cc1ncsc1-c1ccc(CNC(=O)[C@@H]2C[C@@H](O)CN2C(=O)[C@@H](NC(=O)CCOCCOCCOCCOCCOCCC(=O)N2CCN(c3cccc(-c4cnc5ccc(N6CCC[C@@H]6c6cccc(F)c6)nn45)n3)CC2)C(C)(C)C)cc1. The first kappa shape index (κ1) is 61.6. The number of halogens is 1. The monoisotopic (exact) mass is 1180 g/mol. The number of aromatic nitrogens is 5. The van der Waals surface area contributed by atoms with Crippen molar-refractivity contribution < 1.29 is 52.4 Å². The van der Waals surface area contributed by atoms with Crippen LogP contribution in [0.2, 0.25) is 0 Å². The minimum Gasteiger partial charge on any atom is -0.391 e. The zero-order valence-electron chi connectivity index (χ0n) is 48.5. The molecule has 3 aliphatic heterocycles. The molecule has 21 nitrogen and oxygen atoms in total. The number of aliphatic hydroxyl groups is 1. The summed E-state index contributed by atoms with van der Waals surface area (Å²) in [5, 5.41) is 21.4. The molecule has 0 spiro atoms. The standard InChI is InChI=1S/C61H78FN11O10S/c1-42-57(84-41-65-42)44-15-13-43(14-16-44)38-64-59(77)50-37-47(74)40-72(50)60(78)58(61(2,3)4)67-55(75)19-26-79-28-30-81-32-34-83-35-33-82-31-29-80-27-20-56(76)70-24-22-69(23-25-70)53-12-6-10-48(66-53)51-39-63-52-17-18-54(68-73(51)52)71-21-7-11-49(71)45-8-5-9-46(62)36-45/h5-6,8-10,12-18,36,39,41,47,49-50,58,74H,7,11,19-35,37-38,40H2,1-4H3,(H,64,77)(H,67,75)/t47-,49-,50+,58-/m1/s1. The van der Waals surface area contributed by atoms with Crippen LogP contribution in [-0.2, 0) is 49.4 Å². The number of carbonyl (C=O) groups excluding carboxylic acids is 4. The molecule has 450 valence electrons. The highest BCUT2D eigenvalue weighted by Gasteiger charge is 2.44. The van der Waals surface area contributed by atoms with Crippen LogP contribution in [0.15, 0.2) is 90.6 Å². The van der Waals surface area contributed by atoms with Gasteiger partial charge in [0.1, 0.15) is 35.2 Å². The lowest BCUT2D eigenvalue weighted by atomic mass is 9.85. The van der Waals surface area contributed by atoms with Crippen LogP contribution in [0.3, 0.4) is 0 Å². The fourth-order valence-electron chi connectivity index (χ4n) is 10.7. The number of piperazine rings is 1. The van der Waals surface area contributed by atoms with Gasteiger partial charge in [-0.15, -0.1) is 16.4 Å². The molecule has 6 aromatic rings. The van der Waals surface area contributed by atoms with Gasteiger partial charge in [0.25, 0.3) is 0 Å². The molecule has 9 rings (SSSR count). The van der Waals surface area contributed by atoms with Gasteiger partial charge in [-0.25, -0.2) is 23.9 Å². The second kappa shape index (κ2) is 29.7. The molecule has 4 aromatic heterocycles. The number of amides is 4. The van der Waals surface area contributed by atoms with Crippen molar-refractivity contribution in [3.05, 3.63) is 113 Å². The van der Waals surface area contributed by atoms with Crippen molar-refractivity contribution in [2.75, 3.05) is 115 Å². The van der Waals surface area contributed by atoms with E-state index in [0.717, 1.165) is 69.7 Å². The Kier molecular flexibility index (Phi) is 21.8. The van der Waals surface area contributed by atoms with E-state index < -0.39 is 29.5 Å². The molecule has 4 amide bonds. The molecule has 4 atom stereocenters. The molecule has 0 bridgehead atoms. The summed E-state index contributed by atoms with van der Waals surface area (Å²) in [6.07, 6.45) is 3.23. The molecule has 3 aliphatic rings. The van der Waals surface area contributed by atoms with Crippen molar-refractivity contribution >= 4 is 52.2 Å². The second-order valence-electron chi connectivity index (χ2n) is 22.3. The average molecular weight is 1180 g/mol. The molecule has 3 fully saturated rings. The third-order valence-corrected chi connectivity index (χ3v) is 16.2. The number of aryl methyl sites for hydroxylation is 1. The summed E-state index contributed by atoms with van der Waals surface area (Å²) in [5.74, 6) is 0.262. The highest BCUT2D eigenvalue weighted by Crippen LogP contribution is 2.36. The van der Waals surface area contributed by atoms with Crippen molar-refractivity contribution in [2.45, 2.75) is 90.6 Å². The fourth-order valence-corrected chi connectivity index (χ4v) is 11.5. The molecule has 0 unspecified atom stereocenters. The number of ether oxygens (including phenoxy) is 5. The number of β-amino-alcohol motifs (C(OH)–C–C–N with tert-alkyl or cyclic N) is 1. The molecular formula is C61H78FN11O10S. The van der Waals surface area contributed by atoms with E-state index in [0.29, 0.717) is 84.7 Å². The molecule has 0 aliphatic carbocycles. The number of carbonyl (C=O) groups is 4. The van der Waals surface area contributed by atoms with Gasteiger partial charge >= 0.3 is 0 Å². The van der Waals surface area contributed by atoms with Crippen molar-refractivity contribution in [2.24, 2.45) is 5.41 Å². The van der Waals surface area contributed by atoms with Crippen molar-refractivity contribution in [1.29, 1.82) is 0 Å². The Morgan fingerprint density at radius 1 is 0.786 bits per heavy atom. The molecule has 84 heavy (non-hydrogen) atoms. The Balaban J connectivity index is 0.579. The number of nitrogens with zero attached hydrogens (tertiary/aromatic N) is 9. The summed E-state index contributed by atoms with van der Waals surface area (Å²) in [6, 6.07) is 22.7. The lowest BCUT2D eigenvalue weighted by molar-refractivity contribution is -0.144. The number of imidazole rings is 1. The average Bonchev–Trinajstić information content (AvgIpc) is 4.17. The van der Waals surface area contributed by atoms with Gasteiger partial charge in [0, 0.05) is 58.7 Å². The fraction of sp³-hybridized carbons (Fsp3) is 0.508. The van der Waals surface area contributed by atoms with Crippen molar-refractivity contribution in [3.8, 4) is 21.8 Å². The first-order valence-electron chi connectivity index (χ1n) is 29.0. The number of thiazole rings is 1. The molecular weight excluding hydrogens is 1100 g/mol. The molecule has 3 N–H and O–H groups in total. The number of nitrogens with one attached hydrogen (secondary N) is 2. The van der Waals surface area contributed by atoms with Crippen LogP contribution in [0.1, 0.15) is 75.7 Å². The first-order valence-corrected chi connectivity index (χ1v) is 29.9. The maximum absolute atomic E-state index is 14.1. The number of rotatable bonds is 28. The molecule has 3 saturated heterocycles. The molecule has 0 saturated carbocycles. The van der Waals surface area contributed by atoms with Gasteiger partial charge in [-0.2, -0.15) is 0 Å². The summed E-state index contributed by atoms with van der Waals surface area (Å²) < 4.78 is 44.1. The number of benzene rings is 2. The Hall–Kier alpha value is -6.99. The number of hydrogen-bond acceptors (Lipinski definition) is 17. The first-order chi connectivity index (χ1) is 40.7. The summed E-state index contributed by atoms with van der Waals surface area (Å²) in [6.45, 7) is 14.2. The van der Waals surface area contributed by atoms with Gasteiger partial charge < -0.3 is 59.0 Å². The van der Waals surface area contributed by atoms with E-state index >= 15 is 0 Å². The number of aliphatic hydroxyl groups excluding tert-OH is 1. The zero-order chi connectivity index (χ0) is 59.0. The predicted molar refractivity (Wildman–Crippen MR) is 316 cm³/mol. The van der Waals surface area contributed by atoms with Crippen molar-refractivity contribution in [1.82, 2.24) is 45.0 Å². The third kappa shape index (κ3) is 16.5. The summed E-state index contributed by atoms with van der Waals surface area (Å²) in [7, 11) is 0. The Morgan fingerprint density at radius 2 is 1.46 bits per heavy atom. The van der Waals surface area contributed by atoms with E-state index in [1.54, 1.807) is 29.7 Å². The van der Waals surface area contributed by atoms with E-state index in [4.69, 9.17) is 33.8 Å².